The van der Waals surface area contributed by atoms with Crippen molar-refractivity contribution >= 4 is 17.4 Å². The lowest BCUT2D eigenvalue weighted by Crippen LogP contribution is -2.36. The number of hydrogen-bond acceptors (Lipinski definition) is 3. The van der Waals surface area contributed by atoms with Crippen LogP contribution in [-0.4, -0.2) is 24.2 Å². The number of hydrogen-bond donors (Lipinski definition) is 1. The van der Waals surface area contributed by atoms with E-state index in [2.05, 4.69) is 10.3 Å². The van der Waals surface area contributed by atoms with E-state index in [0.29, 0.717) is 6.61 Å². The van der Waals surface area contributed by atoms with Crippen LogP contribution in [0.25, 0.3) is 0 Å². The van der Waals surface area contributed by atoms with Gasteiger partial charge in [0.2, 0.25) is 0 Å². The Morgan fingerprint density at radius 2 is 2.27 bits per heavy atom. The van der Waals surface area contributed by atoms with Gasteiger partial charge in [0, 0.05) is 13.3 Å². The van der Waals surface area contributed by atoms with Crippen LogP contribution >= 0.6 is 11.6 Å². The molecular formula is C10H14ClFN2O. The van der Waals surface area contributed by atoms with E-state index in [-0.39, 0.29) is 16.4 Å². The molecule has 0 amide bonds. The van der Waals surface area contributed by atoms with E-state index in [0.717, 1.165) is 0 Å². The molecule has 0 aliphatic heterocycles. The SMILES string of the molecule is COCC(C)(C)Nc1ncc(Cl)cc1F. The fourth-order valence-electron chi connectivity index (χ4n) is 1.22. The zero-order chi connectivity index (χ0) is 11.5. The summed E-state index contributed by atoms with van der Waals surface area (Å²) in [5, 5.41) is 3.23. The van der Waals surface area contributed by atoms with Gasteiger partial charge in [-0.15, -0.1) is 0 Å². The van der Waals surface area contributed by atoms with Crippen molar-refractivity contribution in [2.24, 2.45) is 0 Å². The minimum Gasteiger partial charge on any atom is -0.382 e. The van der Waals surface area contributed by atoms with Crippen LogP contribution in [0.1, 0.15) is 13.8 Å². The van der Waals surface area contributed by atoms with E-state index < -0.39 is 5.82 Å². The molecule has 3 nitrogen and oxygen atoms in total. The molecule has 1 aromatic rings. The molecule has 0 aliphatic rings. The molecular weight excluding hydrogens is 219 g/mol. The molecule has 0 unspecified atom stereocenters. The van der Waals surface area contributed by atoms with E-state index in [9.17, 15) is 4.39 Å². The third kappa shape index (κ3) is 3.64. The van der Waals surface area contributed by atoms with Gasteiger partial charge in [-0.25, -0.2) is 9.37 Å². The Bertz CT molecular complexity index is 344. The van der Waals surface area contributed by atoms with E-state index in [1.165, 1.54) is 12.3 Å². The van der Waals surface area contributed by atoms with E-state index >= 15 is 0 Å². The van der Waals surface area contributed by atoms with Gasteiger partial charge in [-0.1, -0.05) is 11.6 Å². The van der Waals surface area contributed by atoms with E-state index in [1.54, 1.807) is 7.11 Å². The molecule has 0 radical (unpaired) electrons. The van der Waals surface area contributed by atoms with E-state index in [1.807, 2.05) is 13.8 Å². The van der Waals surface area contributed by atoms with Crippen LogP contribution in [0, 0.1) is 5.82 Å². The van der Waals surface area contributed by atoms with Gasteiger partial charge in [-0.3, -0.25) is 0 Å². The Kier molecular flexibility index (Phi) is 3.88. The van der Waals surface area contributed by atoms with Crippen LogP contribution in [0.2, 0.25) is 5.02 Å². The second-order valence-corrected chi connectivity index (χ2v) is 4.36. The highest BCUT2D eigenvalue weighted by Gasteiger charge is 2.19. The third-order valence-electron chi connectivity index (χ3n) is 1.77. The Labute approximate surface area is 93.6 Å². The minimum atomic E-state index is -0.466. The van der Waals surface area contributed by atoms with Crippen molar-refractivity contribution in [2.45, 2.75) is 19.4 Å². The van der Waals surface area contributed by atoms with Gasteiger partial charge in [0.05, 0.1) is 17.2 Å². The molecule has 1 N–H and O–H groups in total. The van der Waals surface area contributed by atoms with Crippen molar-refractivity contribution in [2.75, 3.05) is 19.0 Å². The summed E-state index contributed by atoms with van der Waals surface area (Å²) < 4.78 is 18.4. The average molecular weight is 233 g/mol. The van der Waals surface area contributed by atoms with Crippen LogP contribution in [0.3, 0.4) is 0 Å². The topological polar surface area (TPSA) is 34.1 Å². The molecule has 1 aromatic heterocycles. The summed E-state index contributed by atoms with van der Waals surface area (Å²) in [6, 6.07) is 1.22. The van der Waals surface area contributed by atoms with Crippen molar-refractivity contribution in [3.8, 4) is 0 Å². The Morgan fingerprint density at radius 3 is 2.80 bits per heavy atom. The zero-order valence-electron chi connectivity index (χ0n) is 8.97. The van der Waals surface area contributed by atoms with E-state index in [4.69, 9.17) is 16.3 Å². The first kappa shape index (κ1) is 12.2. The fraction of sp³-hybridized carbons (Fsp3) is 0.500. The molecule has 5 heteroatoms. The highest BCUT2D eigenvalue weighted by atomic mass is 35.5. The summed E-state index contributed by atoms with van der Waals surface area (Å²) in [5.74, 6) is -0.284. The molecule has 0 aromatic carbocycles. The normalized spacial score (nSPS) is 11.5. The number of methoxy groups -OCH3 is 1. The molecule has 0 fully saturated rings. The number of halogens is 2. The van der Waals surface area contributed by atoms with Crippen molar-refractivity contribution < 1.29 is 9.13 Å². The summed E-state index contributed by atoms with van der Waals surface area (Å²) >= 11 is 5.59. The first-order valence-electron chi connectivity index (χ1n) is 4.53. The van der Waals surface area contributed by atoms with Gasteiger partial charge >= 0.3 is 0 Å². The average Bonchev–Trinajstić information content (AvgIpc) is 2.09. The standard InChI is InChI=1S/C10H14ClFN2O/c1-10(2,6-15-3)14-9-8(12)4-7(11)5-13-9/h4-5H,6H2,1-3H3,(H,13,14). The smallest absolute Gasteiger partial charge is 0.166 e. The maximum Gasteiger partial charge on any atom is 0.166 e. The summed E-state index contributed by atoms with van der Waals surface area (Å²) in [7, 11) is 1.59. The number of ether oxygens (including phenoxy) is 1. The number of aromatic nitrogens is 1. The Hall–Kier alpha value is -0.870. The van der Waals surface area contributed by atoms with Gasteiger partial charge in [0.1, 0.15) is 0 Å². The molecule has 0 saturated heterocycles. The molecule has 1 heterocycles. The van der Waals surface area contributed by atoms with Gasteiger partial charge in [-0.05, 0) is 19.9 Å². The van der Waals surface area contributed by atoms with Crippen molar-refractivity contribution in [1.29, 1.82) is 0 Å². The largest absolute Gasteiger partial charge is 0.382 e. The second kappa shape index (κ2) is 4.77. The summed E-state index contributed by atoms with van der Waals surface area (Å²) in [6.45, 7) is 4.25. The zero-order valence-corrected chi connectivity index (χ0v) is 9.73. The van der Waals surface area contributed by atoms with Crippen molar-refractivity contribution in [3.05, 3.63) is 23.1 Å². The van der Waals surface area contributed by atoms with Gasteiger partial charge < -0.3 is 10.1 Å². The lowest BCUT2D eigenvalue weighted by atomic mass is 10.1. The lowest BCUT2D eigenvalue weighted by Gasteiger charge is -2.26. The molecule has 0 saturated carbocycles. The van der Waals surface area contributed by atoms with Crippen LogP contribution in [0.15, 0.2) is 12.3 Å². The summed E-state index contributed by atoms with van der Waals surface area (Å²) in [4.78, 5) is 3.87. The molecule has 84 valence electrons. The van der Waals surface area contributed by atoms with Gasteiger partial charge in [-0.2, -0.15) is 0 Å². The maximum atomic E-state index is 13.4. The molecule has 0 bridgehead atoms. The summed E-state index contributed by atoms with van der Waals surface area (Å²) in [5.41, 5.74) is -0.379. The van der Waals surface area contributed by atoms with Crippen molar-refractivity contribution in [3.63, 3.8) is 0 Å². The van der Waals surface area contributed by atoms with Crippen LogP contribution < -0.4 is 5.32 Å². The third-order valence-corrected chi connectivity index (χ3v) is 1.98. The first-order valence-corrected chi connectivity index (χ1v) is 4.90. The number of pyridine rings is 1. The predicted octanol–water partition coefficient (Wildman–Crippen LogP) is 2.71. The Balaban J connectivity index is 2.80. The van der Waals surface area contributed by atoms with Crippen LogP contribution in [0.4, 0.5) is 10.2 Å². The summed E-state index contributed by atoms with van der Waals surface area (Å²) in [6.07, 6.45) is 1.40. The maximum absolute atomic E-state index is 13.4. The lowest BCUT2D eigenvalue weighted by molar-refractivity contribution is 0.158. The fourth-order valence-corrected chi connectivity index (χ4v) is 1.37. The molecule has 0 aliphatic carbocycles. The molecule has 0 atom stereocenters. The molecule has 1 rings (SSSR count). The van der Waals surface area contributed by atoms with Gasteiger partial charge in [0.15, 0.2) is 11.6 Å². The highest BCUT2D eigenvalue weighted by molar-refractivity contribution is 6.30. The quantitative estimate of drug-likeness (QED) is 0.867. The minimum absolute atomic E-state index is 0.182. The predicted molar refractivity (Wildman–Crippen MR) is 58.8 cm³/mol. The molecule has 15 heavy (non-hydrogen) atoms. The highest BCUT2D eigenvalue weighted by Crippen LogP contribution is 2.19. The second-order valence-electron chi connectivity index (χ2n) is 3.93. The first-order chi connectivity index (χ1) is 6.94. The van der Waals surface area contributed by atoms with Crippen molar-refractivity contribution in [1.82, 2.24) is 4.98 Å². The monoisotopic (exact) mass is 232 g/mol. The number of anilines is 1. The van der Waals surface area contributed by atoms with Crippen LogP contribution in [-0.2, 0) is 4.74 Å². The number of nitrogens with one attached hydrogen (secondary N) is 1. The Morgan fingerprint density at radius 1 is 1.60 bits per heavy atom. The number of nitrogens with zero attached hydrogens (tertiary/aromatic N) is 1. The van der Waals surface area contributed by atoms with Gasteiger partial charge in [0.25, 0.3) is 0 Å². The molecule has 0 spiro atoms. The van der Waals surface area contributed by atoms with Crippen LogP contribution in [0.5, 0.6) is 0 Å². The number of rotatable bonds is 4.